The van der Waals surface area contributed by atoms with Crippen LogP contribution in [-0.2, 0) is 11.3 Å². The van der Waals surface area contributed by atoms with Crippen molar-refractivity contribution in [3.63, 3.8) is 0 Å². The summed E-state index contributed by atoms with van der Waals surface area (Å²) in [5, 5.41) is 13.7. The van der Waals surface area contributed by atoms with Crippen molar-refractivity contribution in [2.24, 2.45) is 0 Å². The van der Waals surface area contributed by atoms with Gasteiger partial charge in [-0.05, 0) is 55.6 Å². The number of aryl methyl sites for hydroxylation is 1. The van der Waals surface area contributed by atoms with Crippen molar-refractivity contribution in [2.75, 3.05) is 6.54 Å². The summed E-state index contributed by atoms with van der Waals surface area (Å²) < 4.78 is 1.35. The number of carbonyl (C=O) groups is 1. The van der Waals surface area contributed by atoms with E-state index in [0.29, 0.717) is 17.3 Å². The summed E-state index contributed by atoms with van der Waals surface area (Å²) in [5.74, 6) is -0.105. The molecule has 0 bridgehead atoms. The third-order valence-corrected chi connectivity index (χ3v) is 5.45. The summed E-state index contributed by atoms with van der Waals surface area (Å²) in [4.78, 5) is 34.1. The number of nitrogens with zero attached hydrogens (tertiary/aromatic N) is 3. The largest absolute Gasteiger partial charge is 0.391 e. The smallest absolute Gasteiger partial charge is 0.261 e. The molecular formula is C22H24N4O3. The molecule has 0 amide bonds. The number of aromatic nitrogens is 3. The van der Waals surface area contributed by atoms with Crippen molar-refractivity contribution in [3.05, 3.63) is 58.9 Å². The van der Waals surface area contributed by atoms with Crippen molar-refractivity contribution in [3.8, 4) is 11.1 Å². The highest BCUT2D eigenvalue weighted by atomic mass is 16.3. The lowest BCUT2D eigenvalue weighted by molar-refractivity contribution is -0.121. The lowest BCUT2D eigenvalue weighted by Crippen LogP contribution is -2.46. The molecule has 3 heterocycles. The fourth-order valence-corrected chi connectivity index (χ4v) is 3.91. The van der Waals surface area contributed by atoms with E-state index >= 15 is 0 Å². The van der Waals surface area contributed by atoms with Crippen LogP contribution in [-0.4, -0.2) is 44.1 Å². The molecule has 2 aromatic heterocycles. The molecule has 150 valence electrons. The number of rotatable bonds is 5. The fourth-order valence-electron chi connectivity index (χ4n) is 3.91. The van der Waals surface area contributed by atoms with E-state index in [1.807, 2.05) is 31.2 Å². The minimum atomic E-state index is -0.524. The maximum Gasteiger partial charge on any atom is 0.261 e. The molecule has 1 aromatic carbocycles. The molecule has 7 heteroatoms. The van der Waals surface area contributed by atoms with Gasteiger partial charge in [0.2, 0.25) is 0 Å². The lowest BCUT2D eigenvalue weighted by Gasteiger charge is -2.28. The predicted octanol–water partition coefficient (Wildman–Crippen LogP) is 1.84. The van der Waals surface area contributed by atoms with Crippen LogP contribution in [0.1, 0.15) is 24.8 Å². The Kier molecular flexibility index (Phi) is 5.51. The third-order valence-electron chi connectivity index (χ3n) is 5.45. The normalized spacial score (nSPS) is 19.4. The zero-order valence-electron chi connectivity index (χ0n) is 16.3. The van der Waals surface area contributed by atoms with Gasteiger partial charge in [0.25, 0.3) is 5.56 Å². The van der Waals surface area contributed by atoms with Crippen molar-refractivity contribution >= 4 is 16.7 Å². The molecule has 0 spiro atoms. The molecule has 1 aliphatic rings. The second kappa shape index (κ2) is 8.23. The highest BCUT2D eigenvalue weighted by molar-refractivity contribution is 5.87. The molecule has 1 saturated heterocycles. The van der Waals surface area contributed by atoms with Gasteiger partial charge < -0.3 is 10.4 Å². The number of Topliss-reactive ketones (excluding diaryl/α,β-unsaturated/α-hetero) is 1. The maximum absolute atomic E-state index is 13.0. The first-order valence-corrected chi connectivity index (χ1v) is 9.86. The van der Waals surface area contributed by atoms with Gasteiger partial charge in [-0.2, -0.15) is 0 Å². The highest BCUT2D eigenvalue weighted by Gasteiger charge is 2.25. The summed E-state index contributed by atoms with van der Waals surface area (Å²) in [6.45, 7) is 2.66. The van der Waals surface area contributed by atoms with Crippen LogP contribution >= 0.6 is 0 Å². The molecule has 4 rings (SSSR count). The van der Waals surface area contributed by atoms with E-state index in [2.05, 4.69) is 15.3 Å². The van der Waals surface area contributed by atoms with Gasteiger partial charge in [-0.3, -0.25) is 19.1 Å². The summed E-state index contributed by atoms with van der Waals surface area (Å²) in [6.07, 6.45) is 6.16. The van der Waals surface area contributed by atoms with Gasteiger partial charge in [-0.15, -0.1) is 0 Å². The molecule has 1 aliphatic heterocycles. The van der Waals surface area contributed by atoms with Crippen molar-refractivity contribution < 1.29 is 9.90 Å². The number of benzene rings is 1. The number of carbonyl (C=O) groups excluding carboxylic acids is 1. The van der Waals surface area contributed by atoms with Gasteiger partial charge in [-0.25, -0.2) is 4.98 Å². The first kappa shape index (κ1) is 19.4. The minimum Gasteiger partial charge on any atom is -0.391 e. The van der Waals surface area contributed by atoms with Gasteiger partial charge in [0.15, 0.2) is 5.78 Å². The summed E-state index contributed by atoms with van der Waals surface area (Å²) in [7, 11) is 0. The van der Waals surface area contributed by atoms with E-state index < -0.39 is 6.10 Å². The number of aliphatic hydroxyl groups excluding tert-OH is 1. The number of nitrogens with one attached hydrogen (secondary N) is 1. The Balaban J connectivity index is 1.63. The Hall–Kier alpha value is -2.90. The summed E-state index contributed by atoms with van der Waals surface area (Å²) in [5.41, 5.74) is 3.10. The molecule has 0 saturated carbocycles. The molecule has 29 heavy (non-hydrogen) atoms. The Labute approximate surface area is 168 Å². The molecule has 3 aromatic rings. The van der Waals surface area contributed by atoms with Crippen LogP contribution in [0, 0.1) is 6.92 Å². The van der Waals surface area contributed by atoms with Gasteiger partial charge in [0.05, 0.1) is 29.9 Å². The van der Waals surface area contributed by atoms with E-state index in [1.54, 1.807) is 12.4 Å². The quantitative estimate of drug-likeness (QED) is 0.688. The molecule has 1 fully saturated rings. The van der Waals surface area contributed by atoms with E-state index in [4.69, 9.17) is 0 Å². The average Bonchev–Trinajstić information content (AvgIpc) is 2.72. The second-order valence-electron chi connectivity index (χ2n) is 7.62. The molecule has 7 nitrogen and oxygen atoms in total. The molecule has 0 unspecified atom stereocenters. The predicted molar refractivity (Wildman–Crippen MR) is 111 cm³/mol. The van der Waals surface area contributed by atoms with Crippen LogP contribution in [0.25, 0.3) is 22.0 Å². The number of hydrogen-bond donors (Lipinski definition) is 2. The van der Waals surface area contributed by atoms with Crippen molar-refractivity contribution in [2.45, 2.75) is 44.9 Å². The maximum atomic E-state index is 13.0. The Bertz CT molecular complexity index is 1090. The highest BCUT2D eigenvalue weighted by Crippen LogP contribution is 2.24. The number of aliphatic hydroxyl groups is 1. The first-order valence-electron chi connectivity index (χ1n) is 9.86. The van der Waals surface area contributed by atoms with E-state index in [1.165, 1.54) is 10.9 Å². The van der Waals surface area contributed by atoms with E-state index in [-0.39, 0.29) is 30.3 Å². The zero-order chi connectivity index (χ0) is 20.4. The van der Waals surface area contributed by atoms with Crippen LogP contribution < -0.4 is 10.9 Å². The van der Waals surface area contributed by atoms with Crippen molar-refractivity contribution in [1.82, 2.24) is 19.9 Å². The van der Waals surface area contributed by atoms with E-state index in [9.17, 15) is 14.7 Å². The number of fused-ring (bicyclic) bond motifs is 1. The first-order chi connectivity index (χ1) is 14.0. The standard InChI is InChI=1S/C22H24N4O3/c1-14-8-16(15-4-2-6-23-11-15)9-18-21(14)25-13-26(22(18)29)12-17(27)10-19-20(28)5-3-7-24-19/h2,4,6,8-9,11,13,19-20,24,28H,3,5,7,10,12H2,1H3/t19-,20+/m1/s1. The number of ketones is 1. The lowest BCUT2D eigenvalue weighted by atomic mass is 9.97. The topological polar surface area (TPSA) is 97.1 Å². The summed E-state index contributed by atoms with van der Waals surface area (Å²) >= 11 is 0. The fraction of sp³-hybridized carbons (Fsp3) is 0.364. The van der Waals surface area contributed by atoms with Crippen LogP contribution in [0.2, 0.25) is 0 Å². The second-order valence-corrected chi connectivity index (χ2v) is 7.62. The van der Waals surface area contributed by atoms with Crippen LogP contribution in [0.3, 0.4) is 0 Å². The Morgan fingerprint density at radius 2 is 2.21 bits per heavy atom. The SMILES string of the molecule is Cc1cc(-c2cccnc2)cc2c(=O)n(CC(=O)C[C@H]3NCCC[C@@H]3O)cnc12. The van der Waals surface area contributed by atoms with Crippen LogP contribution in [0.4, 0.5) is 0 Å². The molecule has 0 radical (unpaired) electrons. The van der Waals surface area contributed by atoms with Gasteiger partial charge in [0, 0.05) is 30.4 Å². The van der Waals surface area contributed by atoms with Gasteiger partial charge in [0.1, 0.15) is 0 Å². The van der Waals surface area contributed by atoms with Crippen LogP contribution in [0.5, 0.6) is 0 Å². The van der Waals surface area contributed by atoms with Gasteiger partial charge in [-0.1, -0.05) is 6.07 Å². The Morgan fingerprint density at radius 3 is 2.97 bits per heavy atom. The minimum absolute atomic E-state index is 0.0527. The van der Waals surface area contributed by atoms with Crippen LogP contribution in [0.15, 0.2) is 47.8 Å². The Morgan fingerprint density at radius 1 is 1.34 bits per heavy atom. The number of hydrogen-bond acceptors (Lipinski definition) is 6. The zero-order valence-corrected chi connectivity index (χ0v) is 16.3. The molecular weight excluding hydrogens is 368 g/mol. The molecule has 2 N–H and O–H groups in total. The van der Waals surface area contributed by atoms with Gasteiger partial charge >= 0.3 is 0 Å². The number of piperidine rings is 1. The van der Waals surface area contributed by atoms with Crippen molar-refractivity contribution in [1.29, 1.82) is 0 Å². The molecule has 2 atom stereocenters. The third kappa shape index (κ3) is 4.11. The van der Waals surface area contributed by atoms with E-state index in [0.717, 1.165) is 29.7 Å². The monoisotopic (exact) mass is 392 g/mol. The number of pyridine rings is 1. The average molecular weight is 392 g/mol. The summed E-state index contributed by atoms with van der Waals surface area (Å²) in [6, 6.07) is 7.33. The molecule has 0 aliphatic carbocycles.